The number of anilines is 1. The van der Waals surface area contributed by atoms with Gasteiger partial charge in [0.15, 0.2) is 0 Å². The maximum Gasteiger partial charge on any atom is 0.226 e. The minimum atomic E-state index is -0.0186. The quantitative estimate of drug-likeness (QED) is 0.867. The number of carbonyl (C=O) groups excluding carboxylic acids is 1. The molecule has 2 aromatic rings. The second-order valence-electron chi connectivity index (χ2n) is 6.28. The minimum absolute atomic E-state index is 0.00442. The Bertz CT molecular complexity index is 658. The molecule has 0 atom stereocenters. The van der Waals surface area contributed by atoms with E-state index in [1.807, 2.05) is 30.3 Å². The van der Waals surface area contributed by atoms with Gasteiger partial charge in [-0.25, -0.2) is 9.97 Å². The number of benzene rings is 1. The van der Waals surface area contributed by atoms with Gasteiger partial charge in [0.05, 0.1) is 6.61 Å². The molecule has 6 heteroatoms. The van der Waals surface area contributed by atoms with Crippen molar-refractivity contribution in [1.29, 1.82) is 0 Å². The van der Waals surface area contributed by atoms with E-state index in [9.17, 15) is 9.90 Å². The Morgan fingerprint density at radius 3 is 2.44 bits per heavy atom. The second-order valence-corrected chi connectivity index (χ2v) is 6.28. The van der Waals surface area contributed by atoms with Crippen LogP contribution in [0.3, 0.4) is 0 Å². The van der Waals surface area contributed by atoms with E-state index in [1.54, 1.807) is 23.4 Å². The third kappa shape index (κ3) is 4.54. The van der Waals surface area contributed by atoms with Gasteiger partial charge < -0.3 is 14.9 Å². The average molecular weight is 340 g/mol. The van der Waals surface area contributed by atoms with Gasteiger partial charge in [-0.15, -0.1) is 0 Å². The highest BCUT2D eigenvalue weighted by Gasteiger charge is 2.29. The topological polar surface area (TPSA) is 69.6 Å². The van der Waals surface area contributed by atoms with Gasteiger partial charge in [0.2, 0.25) is 11.9 Å². The van der Waals surface area contributed by atoms with Crippen LogP contribution in [0.1, 0.15) is 18.4 Å². The van der Waals surface area contributed by atoms with Gasteiger partial charge in [-0.2, -0.15) is 0 Å². The molecule has 1 aliphatic rings. The molecule has 1 amide bonds. The molecule has 1 saturated heterocycles. The number of aliphatic hydroxyl groups excluding tert-OH is 1. The molecule has 25 heavy (non-hydrogen) atoms. The van der Waals surface area contributed by atoms with Gasteiger partial charge in [-0.3, -0.25) is 4.79 Å². The zero-order valence-corrected chi connectivity index (χ0v) is 14.3. The van der Waals surface area contributed by atoms with Gasteiger partial charge in [-0.05, 0) is 24.5 Å². The molecule has 6 nitrogen and oxygen atoms in total. The van der Waals surface area contributed by atoms with Crippen molar-refractivity contribution in [3.05, 3.63) is 54.4 Å². The van der Waals surface area contributed by atoms with E-state index >= 15 is 0 Å². The summed E-state index contributed by atoms with van der Waals surface area (Å²) in [5.74, 6) is 0.853. The summed E-state index contributed by atoms with van der Waals surface area (Å²) in [7, 11) is 0. The lowest BCUT2D eigenvalue weighted by atomic mass is 9.95. The number of piperidine rings is 1. The van der Waals surface area contributed by atoms with Crippen molar-refractivity contribution in [3.63, 3.8) is 0 Å². The van der Waals surface area contributed by atoms with Crippen LogP contribution in [0.15, 0.2) is 48.8 Å². The van der Waals surface area contributed by atoms with E-state index in [1.165, 1.54) is 0 Å². The van der Waals surface area contributed by atoms with Crippen molar-refractivity contribution in [2.75, 3.05) is 31.1 Å². The van der Waals surface area contributed by atoms with E-state index < -0.39 is 0 Å². The fourth-order valence-electron chi connectivity index (χ4n) is 3.23. The molecule has 0 spiro atoms. The smallest absolute Gasteiger partial charge is 0.226 e. The van der Waals surface area contributed by atoms with Crippen LogP contribution >= 0.6 is 0 Å². The van der Waals surface area contributed by atoms with Crippen molar-refractivity contribution >= 4 is 11.9 Å². The van der Waals surface area contributed by atoms with Crippen LogP contribution in [0.2, 0.25) is 0 Å². The molecule has 0 unspecified atom stereocenters. The third-order valence-electron chi connectivity index (χ3n) is 4.58. The van der Waals surface area contributed by atoms with E-state index in [-0.39, 0.29) is 18.4 Å². The fraction of sp³-hybridized carbons (Fsp3) is 0.421. The zero-order chi connectivity index (χ0) is 17.5. The van der Waals surface area contributed by atoms with Crippen LogP contribution in [-0.2, 0) is 11.3 Å². The first-order chi connectivity index (χ1) is 12.3. The predicted molar refractivity (Wildman–Crippen MR) is 95.9 cm³/mol. The molecule has 0 aliphatic carbocycles. The summed E-state index contributed by atoms with van der Waals surface area (Å²) in [5.41, 5.74) is 1.08. The first kappa shape index (κ1) is 17.4. The lowest BCUT2D eigenvalue weighted by Gasteiger charge is -2.34. The van der Waals surface area contributed by atoms with Crippen LogP contribution in [0.25, 0.3) is 0 Å². The summed E-state index contributed by atoms with van der Waals surface area (Å²) in [6.07, 6.45) is 5.05. The Hall–Kier alpha value is -2.47. The maximum absolute atomic E-state index is 12.9. The summed E-state index contributed by atoms with van der Waals surface area (Å²) < 4.78 is 0. The van der Waals surface area contributed by atoms with Crippen LogP contribution < -0.4 is 4.90 Å². The first-order valence-electron chi connectivity index (χ1n) is 8.73. The first-order valence-corrected chi connectivity index (χ1v) is 8.73. The average Bonchev–Trinajstić information content (AvgIpc) is 2.69. The highest BCUT2D eigenvalue weighted by Crippen LogP contribution is 2.23. The van der Waals surface area contributed by atoms with Crippen LogP contribution in [0, 0.1) is 5.92 Å². The van der Waals surface area contributed by atoms with Crippen molar-refractivity contribution in [1.82, 2.24) is 14.9 Å². The number of rotatable bonds is 6. The van der Waals surface area contributed by atoms with Crippen LogP contribution in [0.5, 0.6) is 0 Å². The van der Waals surface area contributed by atoms with Gasteiger partial charge >= 0.3 is 0 Å². The van der Waals surface area contributed by atoms with Gasteiger partial charge in [0.25, 0.3) is 0 Å². The zero-order valence-electron chi connectivity index (χ0n) is 14.3. The Labute approximate surface area is 148 Å². The number of amides is 1. The summed E-state index contributed by atoms with van der Waals surface area (Å²) in [4.78, 5) is 25.4. The number of nitrogens with zero attached hydrogens (tertiary/aromatic N) is 4. The van der Waals surface area contributed by atoms with Crippen LogP contribution in [0.4, 0.5) is 5.95 Å². The minimum Gasteiger partial charge on any atom is -0.395 e. The maximum atomic E-state index is 12.9. The largest absolute Gasteiger partial charge is 0.395 e. The molecule has 1 fully saturated rings. The normalized spacial score (nSPS) is 15.2. The third-order valence-corrected chi connectivity index (χ3v) is 4.58. The highest BCUT2D eigenvalue weighted by atomic mass is 16.3. The van der Waals surface area contributed by atoms with Gasteiger partial charge in [-0.1, -0.05) is 30.3 Å². The number of aromatic nitrogens is 2. The van der Waals surface area contributed by atoms with Crippen molar-refractivity contribution in [2.45, 2.75) is 19.4 Å². The molecular formula is C19H24N4O2. The molecule has 0 saturated carbocycles. The molecule has 0 bridgehead atoms. The van der Waals surface area contributed by atoms with Gasteiger partial charge in [0.1, 0.15) is 0 Å². The molecule has 132 valence electrons. The Kier molecular flexibility index (Phi) is 5.95. The standard InChI is InChI=1S/C19H24N4O2/c24-14-13-23(15-16-5-2-1-3-6-16)18(25)17-7-11-22(12-8-17)19-20-9-4-10-21-19/h1-6,9-10,17,24H,7-8,11-15H2. The number of carbonyl (C=O) groups is 1. The second kappa shape index (κ2) is 8.58. The van der Waals surface area contributed by atoms with Crippen molar-refractivity contribution < 1.29 is 9.90 Å². The lowest BCUT2D eigenvalue weighted by Crippen LogP contribution is -2.43. The molecule has 1 aromatic carbocycles. The molecule has 1 aliphatic heterocycles. The fourth-order valence-corrected chi connectivity index (χ4v) is 3.23. The summed E-state index contributed by atoms with van der Waals surface area (Å²) in [6, 6.07) is 11.7. The Morgan fingerprint density at radius 1 is 1.12 bits per heavy atom. The van der Waals surface area contributed by atoms with Crippen LogP contribution in [-0.4, -0.2) is 52.1 Å². The molecule has 0 radical (unpaired) electrons. The monoisotopic (exact) mass is 340 g/mol. The van der Waals surface area contributed by atoms with Crippen molar-refractivity contribution in [3.8, 4) is 0 Å². The SMILES string of the molecule is O=C(C1CCN(c2ncccn2)CC1)N(CCO)Cc1ccccc1. The predicted octanol–water partition coefficient (Wildman–Crippen LogP) is 1.71. The molecular weight excluding hydrogens is 316 g/mol. The molecule has 1 N–H and O–H groups in total. The lowest BCUT2D eigenvalue weighted by molar-refractivity contribution is -0.137. The summed E-state index contributed by atoms with van der Waals surface area (Å²) in [5, 5.41) is 9.33. The van der Waals surface area contributed by atoms with E-state index in [2.05, 4.69) is 14.9 Å². The van der Waals surface area contributed by atoms with E-state index in [0.717, 1.165) is 37.4 Å². The number of hydrogen-bond acceptors (Lipinski definition) is 5. The van der Waals surface area contributed by atoms with Gasteiger partial charge in [0, 0.05) is 44.5 Å². The molecule has 2 heterocycles. The Morgan fingerprint density at radius 2 is 1.80 bits per heavy atom. The molecule has 3 rings (SSSR count). The highest BCUT2D eigenvalue weighted by molar-refractivity contribution is 5.79. The Balaban J connectivity index is 1.59. The van der Waals surface area contributed by atoms with Crippen molar-refractivity contribution in [2.24, 2.45) is 5.92 Å². The summed E-state index contributed by atoms with van der Waals surface area (Å²) >= 11 is 0. The van der Waals surface area contributed by atoms with E-state index in [0.29, 0.717) is 13.1 Å². The number of hydrogen-bond donors (Lipinski definition) is 1. The molecule has 1 aromatic heterocycles. The number of aliphatic hydroxyl groups is 1. The summed E-state index contributed by atoms with van der Waals surface area (Å²) in [6.45, 7) is 2.45. The van der Waals surface area contributed by atoms with E-state index in [4.69, 9.17) is 0 Å².